The fourth-order valence-corrected chi connectivity index (χ4v) is 2.59. The zero-order valence-electron chi connectivity index (χ0n) is 10.8. The molecule has 2 N–H and O–H groups in total. The van der Waals surface area contributed by atoms with E-state index < -0.39 is 0 Å². The van der Waals surface area contributed by atoms with Gasteiger partial charge in [-0.05, 0) is 24.3 Å². The van der Waals surface area contributed by atoms with Gasteiger partial charge < -0.3 is 10.6 Å². The molecule has 5 heteroatoms. The summed E-state index contributed by atoms with van der Waals surface area (Å²) in [5.74, 6) is 1.58. The van der Waals surface area contributed by atoms with Gasteiger partial charge in [-0.3, -0.25) is 0 Å². The van der Waals surface area contributed by atoms with Crippen LogP contribution in [0.4, 0.5) is 11.8 Å². The van der Waals surface area contributed by atoms with Crippen LogP contribution in [0.3, 0.4) is 0 Å². The molecule has 0 aliphatic carbocycles. The lowest BCUT2D eigenvalue weighted by molar-refractivity contribution is 0.957. The summed E-state index contributed by atoms with van der Waals surface area (Å²) in [7, 11) is 0. The maximum atomic E-state index is 4.56. The van der Waals surface area contributed by atoms with E-state index in [2.05, 4.69) is 46.4 Å². The van der Waals surface area contributed by atoms with Crippen LogP contribution in [0.2, 0.25) is 0 Å². The van der Waals surface area contributed by atoms with Crippen molar-refractivity contribution in [2.24, 2.45) is 0 Å². The third-order valence-corrected chi connectivity index (χ3v) is 3.63. The second kappa shape index (κ2) is 5.82. The monoisotopic (exact) mass is 262 g/mol. The Bertz CT molecular complexity index is 547. The first-order valence-electron chi connectivity index (χ1n) is 6.10. The molecule has 0 radical (unpaired) electrons. The molecule has 2 aromatic heterocycles. The molecular formula is C13H18N4S. The minimum Gasteiger partial charge on any atom is -0.365 e. The molecule has 2 heterocycles. The molecule has 0 fully saturated rings. The average molecular weight is 262 g/mol. The van der Waals surface area contributed by atoms with E-state index in [1.807, 2.05) is 6.08 Å². The summed E-state index contributed by atoms with van der Waals surface area (Å²) in [5, 5.41) is 8.62. The van der Waals surface area contributed by atoms with E-state index in [-0.39, 0.29) is 0 Å². The van der Waals surface area contributed by atoms with Gasteiger partial charge in [0, 0.05) is 13.1 Å². The Labute approximate surface area is 111 Å². The van der Waals surface area contributed by atoms with Crippen molar-refractivity contribution in [3.05, 3.63) is 23.6 Å². The third-order valence-electron chi connectivity index (χ3n) is 2.54. The fourth-order valence-electron chi connectivity index (χ4n) is 1.64. The molecule has 0 bridgehead atoms. The summed E-state index contributed by atoms with van der Waals surface area (Å²) in [6.07, 6.45) is 2.88. The molecule has 0 unspecified atom stereocenters. The van der Waals surface area contributed by atoms with Crippen molar-refractivity contribution in [1.82, 2.24) is 9.97 Å². The molecule has 18 heavy (non-hydrogen) atoms. The summed E-state index contributed by atoms with van der Waals surface area (Å²) in [6.45, 7) is 9.50. The molecule has 2 aromatic rings. The lowest BCUT2D eigenvalue weighted by Gasteiger charge is -2.08. The average Bonchev–Trinajstić information content (AvgIpc) is 2.75. The Morgan fingerprint density at radius 2 is 2.22 bits per heavy atom. The van der Waals surface area contributed by atoms with E-state index in [1.165, 1.54) is 5.56 Å². The number of hydrogen-bond acceptors (Lipinski definition) is 5. The van der Waals surface area contributed by atoms with E-state index in [4.69, 9.17) is 0 Å². The second-order valence-corrected chi connectivity index (χ2v) is 4.97. The maximum Gasteiger partial charge on any atom is 0.225 e. The highest BCUT2D eigenvalue weighted by Gasteiger charge is 2.10. The molecular weight excluding hydrogens is 244 g/mol. The molecule has 0 aliphatic heterocycles. The Morgan fingerprint density at radius 3 is 2.94 bits per heavy atom. The molecule has 0 amide bonds. The van der Waals surface area contributed by atoms with Crippen molar-refractivity contribution in [3.63, 3.8) is 0 Å². The Hall–Kier alpha value is -1.62. The van der Waals surface area contributed by atoms with Crippen LogP contribution in [0.1, 0.15) is 18.9 Å². The van der Waals surface area contributed by atoms with Gasteiger partial charge in [-0.2, -0.15) is 4.98 Å². The summed E-state index contributed by atoms with van der Waals surface area (Å²) < 4.78 is 1.11. The third kappa shape index (κ3) is 2.61. The SMILES string of the molecule is C=CCNc1nc(NCCC)nc2c(C)csc12. The molecule has 4 nitrogen and oxygen atoms in total. The van der Waals surface area contributed by atoms with Gasteiger partial charge in [-0.25, -0.2) is 4.98 Å². The van der Waals surface area contributed by atoms with Gasteiger partial charge in [0.15, 0.2) is 0 Å². The first-order valence-corrected chi connectivity index (χ1v) is 6.98. The van der Waals surface area contributed by atoms with E-state index >= 15 is 0 Å². The van der Waals surface area contributed by atoms with E-state index in [0.717, 1.165) is 29.0 Å². The highest BCUT2D eigenvalue weighted by Crippen LogP contribution is 2.30. The number of hydrogen-bond donors (Lipinski definition) is 2. The summed E-state index contributed by atoms with van der Waals surface area (Å²) in [4.78, 5) is 9.08. The summed E-state index contributed by atoms with van der Waals surface area (Å²) in [6, 6.07) is 0. The lowest BCUT2D eigenvalue weighted by atomic mass is 10.3. The standard InChI is InChI=1S/C13H18N4S/c1-4-6-14-12-11-10(9(3)8-18-11)16-13(17-12)15-7-5-2/h4,8H,1,5-7H2,2-3H3,(H2,14,15,16,17). The minimum atomic E-state index is 0.692. The molecule has 2 rings (SSSR count). The Morgan fingerprint density at radius 1 is 1.39 bits per heavy atom. The number of nitrogens with zero attached hydrogens (tertiary/aromatic N) is 2. The van der Waals surface area contributed by atoms with Crippen molar-refractivity contribution < 1.29 is 0 Å². The first-order chi connectivity index (χ1) is 8.76. The number of aromatic nitrogens is 2. The van der Waals surface area contributed by atoms with Crippen molar-refractivity contribution in [2.45, 2.75) is 20.3 Å². The van der Waals surface area contributed by atoms with Gasteiger partial charge >= 0.3 is 0 Å². The number of fused-ring (bicyclic) bond motifs is 1. The van der Waals surface area contributed by atoms with Crippen molar-refractivity contribution in [3.8, 4) is 0 Å². The molecule has 0 aliphatic rings. The zero-order chi connectivity index (χ0) is 13.0. The highest BCUT2D eigenvalue weighted by molar-refractivity contribution is 7.18. The second-order valence-electron chi connectivity index (χ2n) is 4.09. The van der Waals surface area contributed by atoms with Gasteiger partial charge in [-0.15, -0.1) is 17.9 Å². The molecule has 0 saturated heterocycles. The van der Waals surface area contributed by atoms with E-state index in [9.17, 15) is 0 Å². The zero-order valence-corrected chi connectivity index (χ0v) is 11.6. The van der Waals surface area contributed by atoms with Crippen LogP contribution in [0.25, 0.3) is 10.2 Å². The van der Waals surface area contributed by atoms with Crippen LogP contribution in [-0.4, -0.2) is 23.1 Å². The van der Waals surface area contributed by atoms with Crippen molar-refractivity contribution >= 4 is 33.3 Å². The molecule has 0 saturated carbocycles. The van der Waals surface area contributed by atoms with Gasteiger partial charge in [0.05, 0.1) is 10.2 Å². The predicted octanol–water partition coefficient (Wildman–Crippen LogP) is 3.42. The summed E-state index contributed by atoms with van der Waals surface area (Å²) in [5.41, 5.74) is 2.22. The summed E-state index contributed by atoms with van der Waals surface area (Å²) >= 11 is 1.67. The van der Waals surface area contributed by atoms with Crippen LogP contribution in [-0.2, 0) is 0 Å². The van der Waals surface area contributed by atoms with Crippen molar-refractivity contribution in [2.75, 3.05) is 23.7 Å². The number of thiophene rings is 1. The van der Waals surface area contributed by atoms with E-state index in [1.54, 1.807) is 11.3 Å². The van der Waals surface area contributed by atoms with Gasteiger partial charge in [0.1, 0.15) is 5.82 Å². The first kappa shape index (κ1) is 12.8. The Balaban J connectivity index is 2.41. The largest absolute Gasteiger partial charge is 0.365 e. The minimum absolute atomic E-state index is 0.692. The van der Waals surface area contributed by atoms with Gasteiger partial charge in [0.2, 0.25) is 5.95 Å². The normalized spacial score (nSPS) is 10.6. The van der Waals surface area contributed by atoms with Gasteiger partial charge in [-0.1, -0.05) is 13.0 Å². The Kier molecular flexibility index (Phi) is 4.15. The number of rotatable bonds is 6. The number of aryl methyl sites for hydroxylation is 1. The fraction of sp³-hybridized carbons (Fsp3) is 0.385. The predicted molar refractivity (Wildman–Crippen MR) is 79.6 cm³/mol. The number of anilines is 2. The molecule has 0 atom stereocenters. The van der Waals surface area contributed by atoms with Crippen molar-refractivity contribution in [1.29, 1.82) is 0 Å². The molecule has 0 spiro atoms. The van der Waals surface area contributed by atoms with Crippen LogP contribution >= 0.6 is 11.3 Å². The quantitative estimate of drug-likeness (QED) is 0.783. The lowest BCUT2D eigenvalue weighted by Crippen LogP contribution is -2.07. The topological polar surface area (TPSA) is 49.8 Å². The van der Waals surface area contributed by atoms with Crippen LogP contribution in [0.15, 0.2) is 18.0 Å². The van der Waals surface area contributed by atoms with E-state index in [0.29, 0.717) is 12.5 Å². The van der Waals surface area contributed by atoms with Crippen LogP contribution < -0.4 is 10.6 Å². The smallest absolute Gasteiger partial charge is 0.225 e. The maximum absolute atomic E-state index is 4.56. The van der Waals surface area contributed by atoms with Gasteiger partial charge in [0.25, 0.3) is 0 Å². The number of nitrogens with one attached hydrogen (secondary N) is 2. The molecule has 0 aromatic carbocycles. The van der Waals surface area contributed by atoms with Crippen LogP contribution in [0.5, 0.6) is 0 Å². The highest BCUT2D eigenvalue weighted by atomic mass is 32.1. The molecule has 96 valence electrons. The van der Waals surface area contributed by atoms with Crippen LogP contribution in [0, 0.1) is 6.92 Å².